The van der Waals surface area contributed by atoms with E-state index in [9.17, 15) is 34.2 Å². The average molecular weight is 653 g/mol. The van der Waals surface area contributed by atoms with Gasteiger partial charge in [-0.1, -0.05) is 31.2 Å². The SMILES string of the molecule is CC(=O)O[C@@H](Cc1ccc(O)cc1)C(=O)N[C@H](CCc1ccc(O)cc1)C(=O)N1C[C@@H](C)C[C@H]1C(=O)N[C@@H](C=O)CCCN=C(N)N. The quantitative estimate of drug-likeness (QED) is 0.0488. The fourth-order valence-corrected chi connectivity index (χ4v) is 5.44. The maximum atomic E-state index is 14.1. The van der Waals surface area contributed by atoms with Crippen molar-refractivity contribution in [3.05, 3.63) is 59.7 Å². The van der Waals surface area contributed by atoms with Gasteiger partial charge in [-0.3, -0.25) is 24.2 Å². The Bertz CT molecular complexity index is 1410. The zero-order chi connectivity index (χ0) is 34.5. The molecule has 1 aliphatic heterocycles. The number of hydrogen-bond acceptors (Lipinski definition) is 9. The summed E-state index contributed by atoms with van der Waals surface area (Å²) in [6.07, 6.45) is 0.932. The molecule has 1 saturated heterocycles. The van der Waals surface area contributed by atoms with Crippen LogP contribution in [0.5, 0.6) is 11.5 Å². The Morgan fingerprint density at radius 1 is 1.00 bits per heavy atom. The Kier molecular flexibility index (Phi) is 13.5. The molecule has 8 N–H and O–H groups in total. The van der Waals surface area contributed by atoms with Crippen LogP contribution in [-0.2, 0) is 41.6 Å². The standard InChI is InChI=1S/C33H44N6O8/c1-20-16-28(30(44)37-24(19-40)4-3-15-36-33(34)35)39(18-20)32(46)27(14-9-22-5-10-25(42)11-6-22)38-31(45)29(47-21(2)41)17-23-7-12-26(43)13-8-23/h5-8,10-13,19-20,24,27-29,42-43H,3-4,9,14-18H2,1-2H3,(H,37,44)(H,38,45)(H4,34,35,36)/t20-,24+,27+,28-,29-/m0/s1. The lowest BCUT2D eigenvalue weighted by molar-refractivity contribution is -0.154. The molecule has 0 aromatic heterocycles. The van der Waals surface area contributed by atoms with Gasteiger partial charge in [-0.05, 0) is 73.4 Å². The Morgan fingerprint density at radius 3 is 2.19 bits per heavy atom. The number of nitrogens with two attached hydrogens (primary N) is 2. The molecule has 0 radical (unpaired) electrons. The topological polar surface area (TPSA) is 227 Å². The number of phenolic OH excluding ortho intramolecular Hbond substituents is 2. The van der Waals surface area contributed by atoms with Crippen LogP contribution in [0.3, 0.4) is 0 Å². The van der Waals surface area contributed by atoms with Gasteiger partial charge in [0.15, 0.2) is 12.1 Å². The number of likely N-dealkylation sites (tertiary alicyclic amines) is 1. The molecule has 254 valence electrons. The largest absolute Gasteiger partial charge is 0.508 e. The van der Waals surface area contributed by atoms with Crippen molar-refractivity contribution < 1.29 is 38.9 Å². The highest BCUT2D eigenvalue weighted by molar-refractivity contribution is 5.94. The second-order valence-electron chi connectivity index (χ2n) is 11.8. The highest BCUT2D eigenvalue weighted by Crippen LogP contribution is 2.25. The molecule has 47 heavy (non-hydrogen) atoms. The molecular formula is C33H44N6O8. The number of phenols is 2. The summed E-state index contributed by atoms with van der Waals surface area (Å²) < 4.78 is 5.33. The summed E-state index contributed by atoms with van der Waals surface area (Å²) >= 11 is 0. The zero-order valence-electron chi connectivity index (χ0n) is 26.6. The summed E-state index contributed by atoms with van der Waals surface area (Å²) in [7, 11) is 0. The molecule has 1 fully saturated rings. The van der Waals surface area contributed by atoms with Crippen LogP contribution in [-0.4, -0.2) is 88.4 Å². The molecule has 0 aliphatic carbocycles. The lowest BCUT2D eigenvalue weighted by Crippen LogP contribution is -2.56. The van der Waals surface area contributed by atoms with Crippen LogP contribution in [0.4, 0.5) is 0 Å². The van der Waals surface area contributed by atoms with Crippen LogP contribution < -0.4 is 22.1 Å². The molecular weight excluding hydrogens is 608 g/mol. The first-order valence-corrected chi connectivity index (χ1v) is 15.5. The minimum Gasteiger partial charge on any atom is -0.508 e. The molecule has 5 atom stereocenters. The highest BCUT2D eigenvalue weighted by Gasteiger charge is 2.41. The smallest absolute Gasteiger partial charge is 0.303 e. The molecule has 14 heteroatoms. The summed E-state index contributed by atoms with van der Waals surface area (Å²) in [5.41, 5.74) is 12.1. The Balaban J connectivity index is 1.81. The molecule has 14 nitrogen and oxygen atoms in total. The van der Waals surface area contributed by atoms with Crippen LogP contribution in [0.25, 0.3) is 0 Å². The van der Waals surface area contributed by atoms with Crippen molar-refractivity contribution in [1.29, 1.82) is 0 Å². The number of benzene rings is 2. The molecule has 2 aromatic carbocycles. The van der Waals surface area contributed by atoms with Crippen LogP contribution in [0.15, 0.2) is 53.5 Å². The van der Waals surface area contributed by atoms with Crippen LogP contribution in [0.2, 0.25) is 0 Å². The minimum atomic E-state index is -1.27. The van der Waals surface area contributed by atoms with Gasteiger partial charge in [0, 0.05) is 26.4 Å². The van der Waals surface area contributed by atoms with E-state index in [1.165, 1.54) is 36.1 Å². The highest BCUT2D eigenvalue weighted by atomic mass is 16.5. The fourth-order valence-electron chi connectivity index (χ4n) is 5.44. The van der Waals surface area contributed by atoms with E-state index < -0.39 is 47.9 Å². The van der Waals surface area contributed by atoms with Gasteiger partial charge in [0.25, 0.3) is 5.91 Å². The third-order valence-electron chi connectivity index (χ3n) is 7.79. The molecule has 0 saturated carbocycles. The summed E-state index contributed by atoms with van der Waals surface area (Å²) in [5.74, 6) is -2.38. The minimum absolute atomic E-state index is 0.00733. The number of carbonyl (C=O) groups excluding carboxylic acids is 5. The summed E-state index contributed by atoms with van der Waals surface area (Å²) in [6, 6.07) is 9.72. The number of hydrogen-bond donors (Lipinski definition) is 6. The molecule has 1 heterocycles. The third kappa shape index (κ3) is 11.6. The molecule has 3 rings (SSSR count). The zero-order valence-corrected chi connectivity index (χ0v) is 26.6. The number of rotatable bonds is 16. The lowest BCUT2D eigenvalue weighted by atomic mass is 10.0. The number of aldehydes is 1. The molecule has 1 aliphatic rings. The van der Waals surface area contributed by atoms with E-state index in [4.69, 9.17) is 16.2 Å². The Labute approximate surface area is 273 Å². The summed E-state index contributed by atoms with van der Waals surface area (Å²) in [6.45, 7) is 3.61. The van der Waals surface area contributed by atoms with Crippen molar-refractivity contribution in [2.24, 2.45) is 22.4 Å². The first-order valence-electron chi connectivity index (χ1n) is 15.5. The van der Waals surface area contributed by atoms with E-state index in [0.717, 1.165) is 5.56 Å². The monoisotopic (exact) mass is 652 g/mol. The summed E-state index contributed by atoms with van der Waals surface area (Å²) in [4.78, 5) is 70.1. The Morgan fingerprint density at radius 2 is 1.62 bits per heavy atom. The number of esters is 1. The van der Waals surface area contributed by atoms with E-state index in [0.29, 0.717) is 37.5 Å². The van der Waals surface area contributed by atoms with Gasteiger partial charge in [-0.25, -0.2) is 0 Å². The first kappa shape index (κ1) is 36.3. The van der Waals surface area contributed by atoms with Crippen LogP contribution >= 0.6 is 0 Å². The molecule has 0 unspecified atom stereocenters. The number of amides is 3. The van der Waals surface area contributed by atoms with Crippen molar-refractivity contribution in [2.75, 3.05) is 13.1 Å². The Hall–Kier alpha value is -5.14. The number of nitrogens with one attached hydrogen (secondary N) is 2. The van der Waals surface area contributed by atoms with Crippen molar-refractivity contribution in [1.82, 2.24) is 15.5 Å². The van der Waals surface area contributed by atoms with Gasteiger partial charge in [-0.2, -0.15) is 0 Å². The number of aryl methyl sites for hydroxylation is 1. The number of ether oxygens (including phenoxy) is 1. The van der Waals surface area contributed by atoms with Crippen molar-refractivity contribution >= 4 is 35.9 Å². The van der Waals surface area contributed by atoms with Crippen LogP contribution in [0, 0.1) is 5.92 Å². The van der Waals surface area contributed by atoms with E-state index in [1.54, 1.807) is 24.3 Å². The van der Waals surface area contributed by atoms with Gasteiger partial charge >= 0.3 is 5.97 Å². The van der Waals surface area contributed by atoms with Crippen molar-refractivity contribution in [3.63, 3.8) is 0 Å². The van der Waals surface area contributed by atoms with Crippen molar-refractivity contribution in [2.45, 2.75) is 76.6 Å². The van der Waals surface area contributed by atoms with Gasteiger partial charge in [0.2, 0.25) is 11.8 Å². The van der Waals surface area contributed by atoms with E-state index in [2.05, 4.69) is 15.6 Å². The van der Waals surface area contributed by atoms with E-state index >= 15 is 0 Å². The fraction of sp³-hybridized carbons (Fsp3) is 0.455. The third-order valence-corrected chi connectivity index (χ3v) is 7.79. The van der Waals surface area contributed by atoms with Crippen molar-refractivity contribution in [3.8, 4) is 11.5 Å². The second kappa shape index (κ2) is 17.5. The van der Waals surface area contributed by atoms with E-state index in [1.807, 2.05) is 6.92 Å². The first-order chi connectivity index (χ1) is 22.4. The molecule has 2 aromatic rings. The number of nitrogens with zero attached hydrogens (tertiary/aromatic N) is 2. The average Bonchev–Trinajstić information content (AvgIpc) is 3.43. The predicted molar refractivity (Wildman–Crippen MR) is 173 cm³/mol. The number of aliphatic imine (C=N–C) groups is 1. The van der Waals surface area contributed by atoms with Gasteiger partial charge in [-0.15, -0.1) is 0 Å². The normalized spacial score (nSPS) is 17.5. The lowest BCUT2D eigenvalue weighted by Gasteiger charge is -2.30. The van der Waals surface area contributed by atoms with Gasteiger partial charge in [0.1, 0.15) is 29.9 Å². The maximum Gasteiger partial charge on any atom is 0.303 e. The second-order valence-corrected chi connectivity index (χ2v) is 11.8. The number of carbonyl (C=O) groups is 5. The molecule has 3 amide bonds. The van der Waals surface area contributed by atoms with Crippen LogP contribution in [0.1, 0.15) is 50.7 Å². The number of aromatic hydroxyl groups is 2. The maximum absolute atomic E-state index is 14.1. The van der Waals surface area contributed by atoms with Gasteiger partial charge < -0.3 is 46.7 Å². The van der Waals surface area contributed by atoms with E-state index in [-0.39, 0.29) is 49.3 Å². The molecule has 0 bridgehead atoms. The predicted octanol–water partition coefficient (Wildman–Crippen LogP) is 0.664. The molecule has 0 spiro atoms. The number of guanidine groups is 1. The summed E-state index contributed by atoms with van der Waals surface area (Å²) in [5, 5.41) is 24.8. The van der Waals surface area contributed by atoms with Gasteiger partial charge in [0.05, 0.1) is 6.04 Å².